The number of hydrogen-bond acceptors (Lipinski definition) is 5. The number of carbonyl (C=O) groups is 3. The van der Waals surface area contributed by atoms with E-state index in [2.05, 4.69) is 5.32 Å². The lowest BCUT2D eigenvalue weighted by Gasteiger charge is -2.33. The van der Waals surface area contributed by atoms with Crippen LogP contribution >= 0.6 is 11.3 Å². The molecule has 0 bridgehead atoms. The quantitative estimate of drug-likeness (QED) is 0.845. The molecule has 0 aliphatic carbocycles. The highest BCUT2D eigenvalue weighted by atomic mass is 32.1. The van der Waals surface area contributed by atoms with Crippen LogP contribution in [-0.2, 0) is 14.3 Å². The minimum atomic E-state index is -0.351. The molecule has 2 aromatic rings. The second-order valence-corrected chi connectivity index (χ2v) is 7.79. The van der Waals surface area contributed by atoms with Gasteiger partial charge in [0.05, 0.1) is 24.6 Å². The molecule has 0 spiro atoms. The van der Waals surface area contributed by atoms with Crippen molar-refractivity contribution in [3.8, 4) is 0 Å². The first-order chi connectivity index (χ1) is 13.0. The minimum absolute atomic E-state index is 0.00316. The van der Waals surface area contributed by atoms with Crippen LogP contribution in [0.3, 0.4) is 0 Å². The standard InChI is InChI=1S/C19H21N3O4S/c1-12(23)21-8-9-26-14(10-21)17-13-4-2-3-5-15(13)27-18(17)19(25)22-7-6-20-16(24)11-22/h2-5,14H,6-11H2,1H3,(H,20,24)/t14-/m1/s1. The lowest BCUT2D eigenvalue weighted by Crippen LogP contribution is -2.50. The van der Waals surface area contributed by atoms with E-state index in [0.29, 0.717) is 37.7 Å². The van der Waals surface area contributed by atoms with Crippen molar-refractivity contribution in [2.45, 2.75) is 13.0 Å². The second-order valence-electron chi connectivity index (χ2n) is 6.74. The Morgan fingerprint density at radius 1 is 1.22 bits per heavy atom. The fourth-order valence-electron chi connectivity index (χ4n) is 3.61. The van der Waals surface area contributed by atoms with E-state index in [4.69, 9.17) is 4.74 Å². The molecule has 3 heterocycles. The van der Waals surface area contributed by atoms with Gasteiger partial charge in [-0.3, -0.25) is 14.4 Å². The third kappa shape index (κ3) is 3.42. The van der Waals surface area contributed by atoms with Crippen molar-refractivity contribution in [3.05, 3.63) is 34.7 Å². The maximum atomic E-state index is 13.2. The van der Waals surface area contributed by atoms with E-state index >= 15 is 0 Å². The van der Waals surface area contributed by atoms with Crippen molar-refractivity contribution >= 4 is 39.1 Å². The number of ether oxygens (including phenoxy) is 1. The molecule has 27 heavy (non-hydrogen) atoms. The summed E-state index contributed by atoms with van der Waals surface area (Å²) in [6.45, 7) is 3.99. The van der Waals surface area contributed by atoms with Crippen LogP contribution in [0, 0.1) is 0 Å². The maximum Gasteiger partial charge on any atom is 0.264 e. The topological polar surface area (TPSA) is 79.0 Å². The van der Waals surface area contributed by atoms with Gasteiger partial charge in [0.2, 0.25) is 11.8 Å². The molecular weight excluding hydrogens is 366 g/mol. The summed E-state index contributed by atoms with van der Waals surface area (Å²) in [4.78, 5) is 40.7. The van der Waals surface area contributed by atoms with E-state index < -0.39 is 0 Å². The number of rotatable bonds is 2. The summed E-state index contributed by atoms with van der Waals surface area (Å²) in [5.41, 5.74) is 0.831. The van der Waals surface area contributed by atoms with E-state index in [1.165, 1.54) is 11.3 Å². The molecule has 2 saturated heterocycles. The van der Waals surface area contributed by atoms with Crippen LogP contribution in [0.5, 0.6) is 0 Å². The Hall–Kier alpha value is -2.45. The van der Waals surface area contributed by atoms with Gasteiger partial charge in [-0.15, -0.1) is 11.3 Å². The molecule has 2 aliphatic heterocycles. The average molecular weight is 387 g/mol. The number of carbonyl (C=O) groups excluding carboxylic acids is 3. The first kappa shape index (κ1) is 17.9. The third-order valence-electron chi connectivity index (χ3n) is 4.99. The predicted molar refractivity (Wildman–Crippen MR) is 102 cm³/mol. The molecule has 0 radical (unpaired) electrons. The smallest absolute Gasteiger partial charge is 0.264 e. The molecule has 0 unspecified atom stereocenters. The number of morpholine rings is 1. The summed E-state index contributed by atoms with van der Waals surface area (Å²) < 4.78 is 6.97. The molecule has 4 rings (SSSR count). The molecule has 142 valence electrons. The highest BCUT2D eigenvalue weighted by molar-refractivity contribution is 7.21. The zero-order chi connectivity index (χ0) is 19.0. The van der Waals surface area contributed by atoms with E-state index in [9.17, 15) is 14.4 Å². The zero-order valence-electron chi connectivity index (χ0n) is 15.1. The van der Waals surface area contributed by atoms with Crippen LogP contribution < -0.4 is 5.32 Å². The monoisotopic (exact) mass is 387 g/mol. The normalized spacial score (nSPS) is 20.6. The molecule has 2 fully saturated rings. The number of piperazine rings is 1. The Morgan fingerprint density at radius 3 is 2.81 bits per heavy atom. The van der Waals surface area contributed by atoms with Gasteiger partial charge >= 0.3 is 0 Å². The summed E-state index contributed by atoms with van der Waals surface area (Å²) in [5.74, 6) is -0.290. The third-order valence-corrected chi connectivity index (χ3v) is 6.16. The fraction of sp³-hybridized carbons (Fsp3) is 0.421. The van der Waals surface area contributed by atoms with Crippen LogP contribution in [0.2, 0.25) is 0 Å². The van der Waals surface area contributed by atoms with Gasteiger partial charge in [-0.05, 0) is 11.5 Å². The van der Waals surface area contributed by atoms with E-state index in [-0.39, 0.29) is 30.4 Å². The molecule has 3 amide bonds. The van der Waals surface area contributed by atoms with E-state index in [0.717, 1.165) is 15.6 Å². The second kappa shape index (κ2) is 7.28. The number of benzene rings is 1. The Morgan fingerprint density at radius 2 is 2.04 bits per heavy atom. The summed E-state index contributed by atoms with van der Waals surface area (Å²) in [5, 5.41) is 3.72. The molecule has 1 aromatic heterocycles. The summed E-state index contributed by atoms with van der Waals surface area (Å²) in [7, 11) is 0. The Labute approximate surface area is 160 Å². The predicted octanol–water partition coefficient (Wildman–Crippen LogP) is 1.39. The van der Waals surface area contributed by atoms with Crippen LogP contribution in [0.15, 0.2) is 24.3 Å². The molecular formula is C19H21N3O4S. The lowest BCUT2D eigenvalue weighted by atomic mass is 10.0. The van der Waals surface area contributed by atoms with Gasteiger partial charge in [-0.2, -0.15) is 0 Å². The molecule has 7 nitrogen and oxygen atoms in total. The number of nitrogens with zero attached hydrogens (tertiary/aromatic N) is 2. The van der Waals surface area contributed by atoms with E-state index in [1.54, 1.807) is 16.7 Å². The van der Waals surface area contributed by atoms with Crippen molar-refractivity contribution in [3.63, 3.8) is 0 Å². The maximum absolute atomic E-state index is 13.2. The average Bonchev–Trinajstić information content (AvgIpc) is 3.07. The van der Waals surface area contributed by atoms with Gasteiger partial charge in [-0.25, -0.2) is 0 Å². The highest BCUT2D eigenvalue weighted by Crippen LogP contribution is 2.38. The Bertz CT molecular complexity index is 909. The number of fused-ring (bicyclic) bond motifs is 1. The number of nitrogens with one attached hydrogen (secondary N) is 1. The van der Waals surface area contributed by atoms with Crippen molar-refractivity contribution in [1.29, 1.82) is 0 Å². The molecule has 1 aromatic carbocycles. The van der Waals surface area contributed by atoms with Gasteiger partial charge in [0, 0.05) is 36.8 Å². The van der Waals surface area contributed by atoms with Gasteiger partial charge in [-0.1, -0.05) is 18.2 Å². The number of hydrogen-bond donors (Lipinski definition) is 1. The molecule has 2 aliphatic rings. The van der Waals surface area contributed by atoms with Gasteiger partial charge in [0.15, 0.2) is 0 Å². The summed E-state index contributed by atoms with van der Waals surface area (Å²) in [6, 6.07) is 7.84. The van der Waals surface area contributed by atoms with Gasteiger partial charge in [0.1, 0.15) is 6.10 Å². The zero-order valence-corrected chi connectivity index (χ0v) is 15.9. The number of thiophene rings is 1. The van der Waals surface area contributed by atoms with Crippen LogP contribution in [0.4, 0.5) is 0 Å². The van der Waals surface area contributed by atoms with Crippen LogP contribution in [-0.4, -0.2) is 66.9 Å². The molecule has 0 saturated carbocycles. The van der Waals surface area contributed by atoms with Crippen LogP contribution in [0.25, 0.3) is 10.1 Å². The minimum Gasteiger partial charge on any atom is -0.370 e. The summed E-state index contributed by atoms with van der Waals surface area (Å²) in [6.07, 6.45) is -0.351. The van der Waals surface area contributed by atoms with Crippen molar-refractivity contribution in [2.75, 3.05) is 39.3 Å². The highest BCUT2D eigenvalue weighted by Gasteiger charge is 2.33. The number of amides is 3. The first-order valence-electron chi connectivity index (χ1n) is 8.99. The largest absolute Gasteiger partial charge is 0.370 e. The first-order valence-corrected chi connectivity index (χ1v) is 9.80. The molecule has 8 heteroatoms. The van der Waals surface area contributed by atoms with Gasteiger partial charge in [0.25, 0.3) is 5.91 Å². The van der Waals surface area contributed by atoms with Crippen molar-refractivity contribution in [2.24, 2.45) is 0 Å². The molecule has 1 atom stereocenters. The lowest BCUT2D eigenvalue weighted by molar-refractivity contribution is -0.136. The Balaban J connectivity index is 1.74. The summed E-state index contributed by atoms with van der Waals surface area (Å²) >= 11 is 1.42. The van der Waals surface area contributed by atoms with E-state index in [1.807, 2.05) is 24.3 Å². The van der Waals surface area contributed by atoms with Crippen LogP contribution in [0.1, 0.15) is 28.3 Å². The van der Waals surface area contributed by atoms with Gasteiger partial charge < -0.3 is 19.9 Å². The fourth-order valence-corrected chi connectivity index (χ4v) is 4.83. The van der Waals surface area contributed by atoms with Crippen molar-refractivity contribution in [1.82, 2.24) is 15.1 Å². The molecule has 1 N–H and O–H groups in total. The van der Waals surface area contributed by atoms with Crippen molar-refractivity contribution < 1.29 is 19.1 Å². The SMILES string of the molecule is CC(=O)N1CCO[C@@H](c2c(C(=O)N3CCNC(=O)C3)sc3ccccc23)C1. The Kier molecular flexibility index (Phi) is 4.84.